The molecule has 2 fully saturated rings. The smallest absolute Gasteiger partial charge is 0.349 e. The minimum atomic E-state index is -2.69. The molecule has 1 aromatic rings. The molecule has 0 bridgehead atoms. The maximum atomic E-state index is 12.1. The molecule has 0 radical (unpaired) electrons. The van der Waals surface area contributed by atoms with E-state index in [-0.39, 0.29) is 47.2 Å². The fourth-order valence-corrected chi connectivity index (χ4v) is 10.3. The first kappa shape index (κ1) is 29.8. The van der Waals surface area contributed by atoms with Crippen LogP contribution < -0.4 is 0 Å². The highest BCUT2D eigenvalue weighted by Gasteiger charge is 2.64. The Kier molecular flexibility index (Phi) is 8.97. The zero-order valence-corrected chi connectivity index (χ0v) is 25.0. The van der Waals surface area contributed by atoms with Crippen LogP contribution in [0.4, 0.5) is 0 Å². The largest absolute Gasteiger partial charge is 0.443 e. The Hall–Kier alpha value is -1.77. The van der Waals surface area contributed by atoms with E-state index < -0.39 is 14.0 Å². The highest BCUT2D eigenvalue weighted by atomic mass is 28.4. The lowest BCUT2D eigenvalue weighted by Crippen LogP contribution is -2.65. The Morgan fingerprint density at radius 3 is 2.46 bits per heavy atom. The molecule has 208 valence electrons. The summed E-state index contributed by atoms with van der Waals surface area (Å²) >= 11 is 0. The summed E-state index contributed by atoms with van der Waals surface area (Å²) in [4.78, 5) is 16.5. The van der Waals surface area contributed by atoms with Gasteiger partial charge in [0, 0.05) is 16.3 Å². The average Bonchev–Trinajstić information content (AvgIpc) is 3.37. The van der Waals surface area contributed by atoms with Crippen LogP contribution in [0.5, 0.6) is 0 Å². The molecule has 10 heteroatoms. The summed E-state index contributed by atoms with van der Waals surface area (Å²) < 4.78 is 33.4. The summed E-state index contributed by atoms with van der Waals surface area (Å²) in [5.41, 5.74) is 0.332. The molecule has 3 heterocycles. The Labute approximate surface area is 223 Å². The Morgan fingerprint density at radius 2 is 1.86 bits per heavy atom. The predicted octanol–water partition coefficient (Wildman–Crippen LogP) is 4.89. The van der Waals surface area contributed by atoms with Gasteiger partial charge in [-0.25, -0.2) is 4.98 Å². The lowest BCUT2D eigenvalue weighted by molar-refractivity contribution is -0.156. The highest BCUT2D eigenvalue weighted by Crippen LogP contribution is 2.55. The Balaban J connectivity index is 1.70. The van der Waals surface area contributed by atoms with E-state index in [4.69, 9.17) is 28.3 Å². The molecular weight excluding hydrogens is 490 g/mol. The third kappa shape index (κ3) is 6.63. The molecule has 0 amide bonds. The zero-order chi connectivity index (χ0) is 27.6. The van der Waals surface area contributed by atoms with Gasteiger partial charge in [0.15, 0.2) is 6.73 Å². The number of carbonyl (C=O) groups excluding carboxylic acids is 1. The third-order valence-electron chi connectivity index (χ3n) is 6.99. The van der Waals surface area contributed by atoms with E-state index in [0.717, 1.165) is 5.69 Å². The van der Waals surface area contributed by atoms with Gasteiger partial charge in [0.2, 0.25) is 0 Å². The van der Waals surface area contributed by atoms with Gasteiger partial charge in [-0.2, -0.15) is 5.26 Å². The number of aryl methyl sites for hydroxylation is 1. The summed E-state index contributed by atoms with van der Waals surface area (Å²) in [7, 11) is -2.69. The quantitative estimate of drug-likeness (QED) is 0.263. The summed E-state index contributed by atoms with van der Waals surface area (Å²) in [5, 5.41) is 8.78. The number of fused-ring (bicyclic) bond motifs is 1. The minimum absolute atomic E-state index is 0.130. The van der Waals surface area contributed by atoms with Gasteiger partial charge < -0.3 is 27.6 Å². The summed E-state index contributed by atoms with van der Waals surface area (Å²) in [6.45, 7) is 19.6. The van der Waals surface area contributed by atoms with Crippen molar-refractivity contribution in [3.63, 3.8) is 0 Å². The first-order chi connectivity index (χ1) is 17.1. The number of carbonyl (C=O) groups is 1. The fourth-order valence-electron chi connectivity index (χ4n) is 5.34. The normalized spacial score (nSPS) is 25.9. The van der Waals surface area contributed by atoms with E-state index in [1.165, 1.54) is 0 Å². The number of rotatable bonds is 8. The van der Waals surface area contributed by atoms with Crippen LogP contribution in [0, 0.1) is 16.7 Å². The van der Waals surface area contributed by atoms with Crippen LogP contribution in [0.3, 0.4) is 0 Å². The number of nitriles is 1. The summed E-state index contributed by atoms with van der Waals surface area (Å²) in [6, 6.07) is 2.16. The molecular formula is C27H45N3O6Si. The van der Waals surface area contributed by atoms with Gasteiger partial charge in [-0.05, 0) is 33.6 Å². The van der Waals surface area contributed by atoms with Gasteiger partial charge in [0.25, 0.3) is 0 Å². The van der Waals surface area contributed by atoms with Gasteiger partial charge >= 0.3 is 14.5 Å². The molecule has 0 spiro atoms. The maximum absolute atomic E-state index is 12.1. The van der Waals surface area contributed by atoms with Gasteiger partial charge in [-0.3, -0.25) is 4.79 Å². The van der Waals surface area contributed by atoms with Gasteiger partial charge in [-0.15, -0.1) is 0 Å². The van der Waals surface area contributed by atoms with Gasteiger partial charge in [0.05, 0.1) is 49.2 Å². The van der Waals surface area contributed by atoms with E-state index in [1.807, 2.05) is 27.0 Å². The average molecular weight is 536 g/mol. The molecule has 0 N–H and O–H groups in total. The third-order valence-corrected chi connectivity index (χ3v) is 12.1. The van der Waals surface area contributed by atoms with Crippen LogP contribution in [0.15, 0.2) is 12.5 Å². The van der Waals surface area contributed by atoms with Gasteiger partial charge in [-0.1, -0.05) is 41.5 Å². The second kappa shape index (κ2) is 11.1. The van der Waals surface area contributed by atoms with Crippen molar-refractivity contribution in [3.05, 3.63) is 18.2 Å². The number of aromatic nitrogens is 2. The molecule has 2 saturated heterocycles. The van der Waals surface area contributed by atoms with Crippen LogP contribution >= 0.6 is 0 Å². The van der Waals surface area contributed by atoms with E-state index in [9.17, 15) is 4.79 Å². The number of esters is 1. The minimum Gasteiger partial charge on any atom is -0.443 e. The van der Waals surface area contributed by atoms with Crippen LogP contribution in [0.1, 0.15) is 80.8 Å². The standard InChI is InChI=1S/C27H45N3O6Si/c1-25(2,3)24(31)33-18-30-15-19(29-17-30)11-12-20-22(32-14-10-13-28)23-21(35-20)16-34-37(36-23,26(4,5)6)27(7,8)9/h15,17,20-23H,10-12,14,16,18H2,1-9H3/t20-,21+,22-,23+/m0/s1. The monoisotopic (exact) mass is 535 g/mol. The maximum Gasteiger partial charge on any atom is 0.349 e. The van der Waals surface area contributed by atoms with Crippen molar-refractivity contribution in [2.75, 3.05) is 13.2 Å². The van der Waals surface area contributed by atoms with Gasteiger partial charge in [0.1, 0.15) is 18.3 Å². The molecule has 37 heavy (non-hydrogen) atoms. The molecule has 9 nitrogen and oxygen atoms in total. The summed E-state index contributed by atoms with van der Waals surface area (Å²) in [6.07, 6.45) is 4.30. The first-order valence-electron chi connectivity index (χ1n) is 13.2. The summed E-state index contributed by atoms with van der Waals surface area (Å²) in [5.74, 6) is -0.255. The molecule has 0 aliphatic carbocycles. The van der Waals surface area contributed by atoms with E-state index in [1.54, 1.807) is 10.9 Å². The Morgan fingerprint density at radius 1 is 1.19 bits per heavy atom. The second-order valence-corrected chi connectivity index (χ2v) is 18.0. The predicted molar refractivity (Wildman–Crippen MR) is 141 cm³/mol. The SMILES string of the molecule is CC(C)(C)C(=O)OCn1cnc(CC[C@@H]2O[C@@H]3CO[Si](C(C)(C)C)(C(C)(C)C)O[C@H]3[C@H]2OCCC#N)c1. The molecule has 2 aliphatic rings. The number of nitrogens with zero attached hydrogens (tertiary/aromatic N) is 3. The number of hydrogen-bond donors (Lipinski definition) is 0. The Bertz CT molecular complexity index is 955. The number of imidazole rings is 1. The molecule has 0 unspecified atom stereocenters. The van der Waals surface area contributed by atoms with E-state index in [0.29, 0.717) is 32.5 Å². The van der Waals surface area contributed by atoms with Crippen LogP contribution in [0.2, 0.25) is 10.1 Å². The fraction of sp³-hybridized carbons (Fsp3) is 0.815. The number of hydrogen-bond acceptors (Lipinski definition) is 8. The molecule has 0 aromatic carbocycles. The topological polar surface area (TPSA) is 105 Å². The van der Waals surface area contributed by atoms with Crippen molar-refractivity contribution < 1.29 is 27.9 Å². The molecule has 4 atom stereocenters. The molecule has 0 saturated carbocycles. The lowest BCUT2D eigenvalue weighted by Gasteiger charge is -2.53. The molecule has 2 aliphatic heterocycles. The lowest BCUT2D eigenvalue weighted by atomic mass is 9.98. The van der Waals surface area contributed by atoms with Crippen molar-refractivity contribution >= 4 is 14.5 Å². The number of ether oxygens (including phenoxy) is 3. The van der Waals surface area contributed by atoms with E-state index >= 15 is 0 Å². The highest BCUT2D eigenvalue weighted by molar-refractivity contribution is 6.73. The zero-order valence-electron chi connectivity index (χ0n) is 24.0. The van der Waals surface area contributed by atoms with Crippen molar-refractivity contribution in [1.82, 2.24) is 9.55 Å². The second-order valence-electron chi connectivity index (χ2n) is 13.2. The van der Waals surface area contributed by atoms with Crippen molar-refractivity contribution in [1.29, 1.82) is 5.26 Å². The first-order valence-corrected chi connectivity index (χ1v) is 15.0. The van der Waals surface area contributed by atoms with Crippen LogP contribution in [-0.2, 0) is 41.0 Å². The van der Waals surface area contributed by atoms with E-state index in [2.05, 4.69) is 52.6 Å². The van der Waals surface area contributed by atoms with Crippen molar-refractivity contribution in [3.8, 4) is 6.07 Å². The van der Waals surface area contributed by atoms with Crippen LogP contribution in [0.25, 0.3) is 0 Å². The molecule has 3 rings (SSSR count). The molecule has 1 aromatic heterocycles. The van der Waals surface area contributed by atoms with Crippen LogP contribution in [-0.4, -0.2) is 61.7 Å². The van der Waals surface area contributed by atoms with Crippen molar-refractivity contribution in [2.24, 2.45) is 5.41 Å². The van der Waals surface area contributed by atoms with Crippen molar-refractivity contribution in [2.45, 2.75) is 123 Å².